The predicted octanol–water partition coefficient (Wildman–Crippen LogP) is 4.21. The summed E-state index contributed by atoms with van der Waals surface area (Å²) >= 11 is 0. The van der Waals surface area contributed by atoms with Crippen LogP contribution in [0.3, 0.4) is 0 Å². The number of nitrogens with one attached hydrogen (secondary N) is 1. The standard InChI is InChI=1S/C27H25N3O6/c28-15-17-4-5-18(2-1-3-25(31)32)22(12-17)30-26(33)21-14-27(21)8-10-34-23-13-19(6-7-20(23)27)36-16-24-29-9-11-35-24/h4-7,9,11-13,21H,1-3,8,10,14,16H2,(H,30,33)(H,31,32)/t21-,27-/m0/s1. The summed E-state index contributed by atoms with van der Waals surface area (Å²) in [5, 5.41) is 21.3. The number of aromatic nitrogens is 1. The van der Waals surface area contributed by atoms with Gasteiger partial charge < -0.3 is 24.3 Å². The lowest BCUT2D eigenvalue weighted by Gasteiger charge is -2.27. The number of hydrogen-bond donors (Lipinski definition) is 2. The van der Waals surface area contributed by atoms with Gasteiger partial charge >= 0.3 is 5.97 Å². The average molecular weight is 488 g/mol. The van der Waals surface area contributed by atoms with Crippen LogP contribution in [-0.4, -0.2) is 28.6 Å². The fourth-order valence-corrected chi connectivity index (χ4v) is 4.92. The molecule has 0 bridgehead atoms. The Balaban J connectivity index is 1.30. The fourth-order valence-electron chi connectivity index (χ4n) is 4.92. The molecule has 5 rings (SSSR count). The van der Waals surface area contributed by atoms with Crippen molar-refractivity contribution in [3.63, 3.8) is 0 Å². The zero-order chi connectivity index (χ0) is 25.1. The molecule has 2 heterocycles. The van der Waals surface area contributed by atoms with Gasteiger partial charge in [-0.25, -0.2) is 4.98 Å². The molecule has 3 aromatic rings. The number of benzene rings is 2. The molecular weight excluding hydrogens is 462 g/mol. The van der Waals surface area contributed by atoms with Crippen LogP contribution in [0.1, 0.15) is 48.3 Å². The number of nitriles is 1. The van der Waals surface area contributed by atoms with Crippen LogP contribution >= 0.6 is 0 Å². The minimum atomic E-state index is -0.862. The Morgan fingerprint density at radius 1 is 1.28 bits per heavy atom. The van der Waals surface area contributed by atoms with Crippen LogP contribution in [0.4, 0.5) is 5.69 Å². The van der Waals surface area contributed by atoms with Crippen LogP contribution in [-0.2, 0) is 28.0 Å². The second-order valence-corrected chi connectivity index (χ2v) is 9.10. The monoisotopic (exact) mass is 487 g/mol. The van der Waals surface area contributed by atoms with Crippen LogP contribution in [0.15, 0.2) is 53.3 Å². The van der Waals surface area contributed by atoms with Gasteiger partial charge in [-0.15, -0.1) is 0 Å². The van der Waals surface area contributed by atoms with Crippen molar-refractivity contribution in [2.75, 3.05) is 11.9 Å². The quantitative estimate of drug-likeness (QED) is 0.458. The molecule has 1 amide bonds. The summed E-state index contributed by atoms with van der Waals surface area (Å²) in [6.07, 6.45) is 5.48. The van der Waals surface area contributed by atoms with Crippen molar-refractivity contribution in [3.05, 3.63) is 71.4 Å². The number of amides is 1. The molecule has 2 N–H and O–H groups in total. The third-order valence-corrected chi connectivity index (χ3v) is 6.87. The first-order valence-electron chi connectivity index (χ1n) is 11.8. The minimum Gasteiger partial charge on any atom is -0.493 e. The van der Waals surface area contributed by atoms with Gasteiger partial charge in [0.25, 0.3) is 0 Å². The highest BCUT2D eigenvalue weighted by Crippen LogP contribution is 2.61. The van der Waals surface area contributed by atoms with Crippen LogP contribution in [0.2, 0.25) is 0 Å². The van der Waals surface area contributed by atoms with Crippen molar-refractivity contribution < 1.29 is 28.6 Å². The lowest BCUT2D eigenvalue weighted by Crippen LogP contribution is -2.27. The van der Waals surface area contributed by atoms with Crippen molar-refractivity contribution in [2.45, 2.75) is 44.1 Å². The zero-order valence-electron chi connectivity index (χ0n) is 19.5. The number of carbonyl (C=O) groups is 2. The molecule has 1 aromatic heterocycles. The van der Waals surface area contributed by atoms with E-state index in [2.05, 4.69) is 16.4 Å². The number of carboxylic acid groups (broad SMARTS) is 1. The molecule has 36 heavy (non-hydrogen) atoms. The lowest BCUT2D eigenvalue weighted by molar-refractivity contribution is -0.137. The highest BCUT2D eigenvalue weighted by atomic mass is 16.5. The maximum absolute atomic E-state index is 13.3. The summed E-state index contributed by atoms with van der Waals surface area (Å²) in [4.78, 5) is 28.3. The molecule has 184 valence electrons. The Bertz CT molecular complexity index is 1330. The van der Waals surface area contributed by atoms with E-state index in [0.717, 1.165) is 17.5 Å². The van der Waals surface area contributed by atoms with E-state index in [-0.39, 0.29) is 30.3 Å². The average Bonchev–Trinajstić information content (AvgIpc) is 3.33. The molecule has 1 saturated carbocycles. The Morgan fingerprint density at radius 2 is 2.17 bits per heavy atom. The molecule has 2 aliphatic rings. The second-order valence-electron chi connectivity index (χ2n) is 9.10. The Labute approximate surface area is 207 Å². The van der Waals surface area contributed by atoms with Gasteiger partial charge in [0, 0.05) is 35.1 Å². The van der Waals surface area contributed by atoms with Gasteiger partial charge in [-0.05, 0) is 49.4 Å². The molecule has 1 aliphatic carbocycles. The third-order valence-electron chi connectivity index (χ3n) is 6.87. The number of fused-ring (bicyclic) bond motifs is 2. The second kappa shape index (κ2) is 9.74. The van der Waals surface area contributed by atoms with E-state index in [1.165, 1.54) is 6.26 Å². The summed E-state index contributed by atoms with van der Waals surface area (Å²) in [6.45, 7) is 0.711. The SMILES string of the molecule is N#Cc1ccc(CCCC(=O)O)c(NC(=O)[C@@H]2C[C@]23CCOc2cc(OCc4ncco4)ccc23)c1. The largest absolute Gasteiger partial charge is 0.493 e. The van der Waals surface area contributed by atoms with E-state index in [9.17, 15) is 14.9 Å². The molecule has 1 spiro atoms. The normalized spacial score (nSPS) is 19.6. The minimum absolute atomic E-state index is 0.0413. The maximum atomic E-state index is 13.3. The first-order chi connectivity index (χ1) is 17.5. The first-order valence-corrected chi connectivity index (χ1v) is 11.8. The third kappa shape index (κ3) is 4.75. The summed E-state index contributed by atoms with van der Waals surface area (Å²) in [7, 11) is 0. The first kappa shape index (κ1) is 23.4. The van der Waals surface area contributed by atoms with E-state index >= 15 is 0 Å². The van der Waals surface area contributed by atoms with Crippen molar-refractivity contribution in [1.82, 2.24) is 4.98 Å². The number of oxazole rings is 1. The van der Waals surface area contributed by atoms with Crippen LogP contribution in [0.25, 0.3) is 0 Å². The van der Waals surface area contributed by atoms with Crippen molar-refractivity contribution in [1.29, 1.82) is 5.26 Å². The Kier molecular flexibility index (Phi) is 6.34. The van der Waals surface area contributed by atoms with Crippen molar-refractivity contribution in [2.24, 2.45) is 5.92 Å². The highest BCUT2D eigenvalue weighted by Gasteiger charge is 2.61. The number of aliphatic carboxylic acids is 1. The number of ether oxygens (including phenoxy) is 2. The van der Waals surface area contributed by atoms with Gasteiger partial charge in [-0.2, -0.15) is 5.26 Å². The van der Waals surface area contributed by atoms with Crippen LogP contribution < -0.4 is 14.8 Å². The molecule has 1 fully saturated rings. The summed E-state index contributed by atoms with van der Waals surface area (Å²) in [5.41, 5.74) is 2.51. The maximum Gasteiger partial charge on any atom is 0.303 e. The van der Waals surface area contributed by atoms with Gasteiger partial charge in [0.1, 0.15) is 17.8 Å². The van der Waals surface area contributed by atoms with Gasteiger partial charge in [-0.1, -0.05) is 12.1 Å². The lowest BCUT2D eigenvalue weighted by atomic mass is 9.87. The molecule has 9 heteroatoms. The Hall–Kier alpha value is -4.32. The van der Waals surface area contributed by atoms with Crippen LogP contribution in [0, 0.1) is 17.2 Å². The van der Waals surface area contributed by atoms with Crippen molar-refractivity contribution >= 4 is 17.6 Å². The smallest absolute Gasteiger partial charge is 0.303 e. The molecule has 0 unspecified atom stereocenters. The van der Waals surface area contributed by atoms with E-state index in [4.69, 9.17) is 19.0 Å². The van der Waals surface area contributed by atoms with Gasteiger partial charge in [-0.3, -0.25) is 9.59 Å². The molecular formula is C27H25N3O6. The number of carbonyl (C=O) groups excluding carboxylic acids is 1. The van der Waals surface area contributed by atoms with E-state index in [1.54, 1.807) is 24.4 Å². The molecule has 9 nitrogen and oxygen atoms in total. The van der Waals surface area contributed by atoms with E-state index in [0.29, 0.717) is 54.5 Å². The van der Waals surface area contributed by atoms with Crippen LogP contribution in [0.5, 0.6) is 11.5 Å². The number of rotatable bonds is 9. The Morgan fingerprint density at radius 3 is 2.94 bits per heavy atom. The topological polar surface area (TPSA) is 135 Å². The molecule has 0 saturated heterocycles. The van der Waals surface area contributed by atoms with Gasteiger partial charge in [0.15, 0.2) is 6.61 Å². The van der Waals surface area contributed by atoms with E-state index < -0.39 is 5.97 Å². The summed E-state index contributed by atoms with van der Waals surface area (Å²) < 4.78 is 16.9. The number of carboxylic acids is 1. The number of nitrogens with zero attached hydrogens (tertiary/aromatic N) is 2. The summed E-state index contributed by atoms with van der Waals surface area (Å²) in [6, 6.07) is 12.9. The molecule has 1 aliphatic heterocycles. The fraction of sp³-hybridized carbons (Fsp3) is 0.333. The molecule has 2 aromatic carbocycles. The predicted molar refractivity (Wildman–Crippen MR) is 128 cm³/mol. The molecule has 2 atom stereocenters. The zero-order valence-corrected chi connectivity index (χ0v) is 19.5. The summed E-state index contributed by atoms with van der Waals surface area (Å²) in [5.74, 6) is 0.621. The van der Waals surface area contributed by atoms with Crippen molar-refractivity contribution in [3.8, 4) is 17.6 Å². The number of anilines is 1. The van der Waals surface area contributed by atoms with E-state index in [1.807, 2.05) is 18.2 Å². The number of hydrogen-bond acceptors (Lipinski definition) is 7. The van der Waals surface area contributed by atoms with Gasteiger partial charge in [0.2, 0.25) is 11.8 Å². The highest BCUT2D eigenvalue weighted by molar-refractivity contribution is 5.97. The van der Waals surface area contributed by atoms with Gasteiger partial charge in [0.05, 0.1) is 24.4 Å². The molecule has 0 radical (unpaired) electrons. The number of aryl methyl sites for hydroxylation is 1.